The highest BCUT2D eigenvalue weighted by atomic mass is 28.4. The first-order chi connectivity index (χ1) is 9.24. The Morgan fingerprint density at radius 1 is 1.25 bits per heavy atom. The van der Waals surface area contributed by atoms with Crippen molar-refractivity contribution in [1.82, 2.24) is 0 Å². The van der Waals surface area contributed by atoms with Crippen LogP contribution in [0.3, 0.4) is 0 Å². The van der Waals surface area contributed by atoms with Crippen molar-refractivity contribution in [3.05, 3.63) is 24.8 Å². The summed E-state index contributed by atoms with van der Waals surface area (Å²) in [6.07, 6.45) is 12.4. The summed E-state index contributed by atoms with van der Waals surface area (Å²) in [7, 11) is -1.66. The zero-order chi connectivity index (χ0) is 15.0. The van der Waals surface area contributed by atoms with Crippen LogP contribution in [0.2, 0.25) is 18.1 Å². The number of hydrogen-bond donors (Lipinski definition) is 0. The van der Waals surface area contributed by atoms with Gasteiger partial charge in [0.2, 0.25) is 0 Å². The minimum atomic E-state index is -1.66. The lowest BCUT2D eigenvalue weighted by Crippen LogP contribution is -2.46. The molecule has 2 aliphatic rings. The molecule has 0 saturated heterocycles. The van der Waals surface area contributed by atoms with Crippen molar-refractivity contribution in [3.63, 3.8) is 0 Å². The monoisotopic (exact) mass is 292 g/mol. The van der Waals surface area contributed by atoms with Crippen LogP contribution in [0, 0.1) is 17.8 Å². The van der Waals surface area contributed by atoms with E-state index in [0.717, 1.165) is 5.92 Å². The molecule has 20 heavy (non-hydrogen) atoms. The van der Waals surface area contributed by atoms with Crippen LogP contribution in [0.1, 0.15) is 46.5 Å². The summed E-state index contributed by atoms with van der Waals surface area (Å²) in [5, 5.41) is 0.304. The number of fused-ring (bicyclic) bond motifs is 1. The lowest BCUT2D eigenvalue weighted by molar-refractivity contribution is 0.0999. The maximum absolute atomic E-state index is 6.79. The maximum Gasteiger partial charge on any atom is 0.192 e. The van der Waals surface area contributed by atoms with Crippen LogP contribution in [0.4, 0.5) is 0 Å². The first-order valence-electron chi connectivity index (χ1n) is 8.21. The topological polar surface area (TPSA) is 9.23 Å². The fourth-order valence-electron chi connectivity index (χ4n) is 3.43. The lowest BCUT2D eigenvalue weighted by Gasteiger charge is -2.41. The number of allylic oxidation sites excluding steroid dienone is 3. The molecule has 0 aliphatic heterocycles. The smallest absolute Gasteiger partial charge is 0.192 e. The molecule has 0 aromatic carbocycles. The molecule has 0 radical (unpaired) electrons. The average molecular weight is 293 g/mol. The molecule has 1 saturated carbocycles. The Labute approximate surface area is 126 Å². The van der Waals surface area contributed by atoms with E-state index in [9.17, 15) is 0 Å². The van der Waals surface area contributed by atoms with E-state index in [0.29, 0.717) is 23.0 Å². The van der Waals surface area contributed by atoms with Crippen molar-refractivity contribution in [3.8, 4) is 0 Å². The van der Waals surface area contributed by atoms with E-state index >= 15 is 0 Å². The van der Waals surface area contributed by atoms with E-state index in [2.05, 4.69) is 58.7 Å². The predicted octanol–water partition coefficient (Wildman–Crippen LogP) is 5.56. The first kappa shape index (κ1) is 16.0. The van der Waals surface area contributed by atoms with E-state index in [4.69, 9.17) is 4.43 Å². The minimum Gasteiger partial charge on any atom is -0.414 e. The van der Waals surface area contributed by atoms with Crippen LogP contribution in [0.5, 0.6) is 0 Å². The molecule has 0 N–H and O–H groups in total. The molecule has 0 spiro atoms. The molecule has 2 heteroatoms. The standard InChI is InChI=1S/C18H32OSi/c1-7-14-12-15-10-8-9-11-17(16(15)13-14)19-20(5,6)18(2,3)4/h7-8,10,14-17H,1,9,11-13H2,2-6H3/t14-,15+,16-,17-/m0/s1. The third kappa shape index (κ3) is 3.28. The van der Waals surface area contributed by atoms with Gasteiger partial charge in [-0.05, 0) is 61.6 Å². The van der Waals surface area contributed by atoms with Crippen LogP contribution >= 0.6 is 0 Å². The quantitative estimate of drug-likeness (QED) is 0.489. The fraction of sp³-hybridized carbons (Fsp3) is 0.778. The molecule has 0 amide bonds. The van der Waals surface area contributed by atoms with Crippen molar-refractivity contribution < 1.29 is 4.43 Å². The zero-order valence-corrected chi connectivity index (χ0v) is 15.0. The van der Waals surface area contributed by atoms with Crippen molar-refractivity contribution in [2.24, 2.45) is 17.8 Å². The molecule has 0 unspecified atom stereocenters. The zero-order valence-electron chi connectivity index (χ0n) is 14.0. The molecule has 2 rings (SSSR count). The first-order valence-corrected chi connectivity index (χ1v) is 11.1. The van der Waals surface area contributed by atoms with Gasteiger partial charge in [0, 0.05) is 6.10 Å². The van der Waals surface area contributed by atoms with Gasteiger partial charge < -0.3 is 4.43 Å². The van der Waals surface area contributed by atoms with Gasteiger partial charge in [-0.3, -0.25) is 0 Å². The second-order valence-electron chi connectivity index (χ2n) is 8.22. The highest BCUT2D eigenvalue weighted by Gasteiger charge is 2.44. The molecule has 1 fully saturated rings. The molecule has 0 heterocycles. The summed E-state index contributed by atoms with van der Waals surface area (Å²) in [6.45, 7) is 15.8. The highest BCUT2D eigenvalue weighted by Crippen LogP contribution is 2.46. The van der Waals surface area contributed by atoms with Crippen LogP contribution in [0.15, 0.2) is 24.8 Å². The lowest BCUT2D eigenvalue weighted by atomic mass is 9.91. The van der Waals surface area contributed by atoms with Crippen LogP contribution < -0.4 is 0 Å². The Morgan fingerprint density at radius 3 is 2.55 bits per heavy atom. The number of hydrogen-bond acceptors (Lipinski definition) is 1. The Balaban J connectivity index is 2.13. The van der Waals surface area contributed by atoms with Gasteiger partial charge in [-0.25, -0.2) is 0 Å². The molecule has 1 nitrogen and oxygen atoms in total. The third-order valence-corrected chi connectivity index (χ3v) is 10.3. The van der Waals surface area contributed by atoms with Crippen molar-refractivity contribution in [2.75, 3.05) is 0 Å². The Morgan fingerprint density at radius 2 is 1.95 bits per heavy atom. The van der Waals surface area contributed by atoms with Crippen molar-refractivity contribution >= 4 is 8.32 Å². The van der Waals surface area contributed by atoms with E-state index in [1.54, 1.807) is 0 Å². The predicted molar refractivity (Wildman–Crippen MR) is 90.3 cm³/mol. The molecule has 114 valence electrons. The Kier molecular flexibility index (Phi) is 4.65. The Hall–Kier alpha value is -0.343. The summed E-state index contributed by atoms with van der Waals surface area (Å²) in [5.74, 6) is 2.12. The second kappa shape index (κ2) is 5.80. The fourth-order valence-corrected chi connectivity index (χ4v) is 4.84. The van der Waals surface area contributed by atoms with E-state index in [1.807, 2.05) is 0 Å². The summed E-state index contributed by atoms with van der Waals surface area (Å²) < 4.78 is 6.79. The van der Waals surface area contributed by atoms with Crippen molar-refractivity contribution in [1.29, 1.82) is 0 Å². The molecule has 0 bridgehead atoms. The van der Waals surface area contributed by atoms with Crippen molar-refractivity contribution in [2.45, 2.75) is 70.7 Å². The summed E-state index contributed by atoms with van der Waals surface area (Å²) >= 11 is 0. The van der Waals surface area contributed by atoms with Gasteiger partial charge in [0.05, 0.1) is 0 Å². The van der Waals surface area contributed by atoms with Gasteiger partial charge in [-0.15, -0.1) is 6.58 Å². The molecule has 0 aromatic heterocycles. The highest BCUT2D eigenvalue weighted by molar-refractivity contribution is 6.74. The van der Waals surface area contributed by atoms with Crippen LogP contribution in [-0.4, -0.2) is 14.4 Å². The van der Waals surface area contributed by atoms with Crippen LogP contribution in [0.25, 0.3) is 0 Å². The molecule has 0 aromatic rings. The second-order valence-corrected chi connectivity index (χ2v) is 13.0. The van der Waals surface area contributed by atoms with E-state index < -0.39 is 8.32 Å². The molecular weight excluding hydrogens is 260 g/mol. The summed E-state index contributed by atoms with van der Waals surface area (Å²) in [5.41, 5.74) is 0. The van der Waals surface area contributed by atoms with Gasteiger partial charge in [0.25, 0.3) is 0 Å². The summed E-state index contributed by atoms with van der Waals surface area (Å²) in [6, 6.07) is 0. The van der Waals surface area contributed by atoms with E-state index in [1.165, 1.54) is 25.7 Å². The van der Waals surface area contributed by atoms with Gasteiger partial charge >= 0.3 is 0 Å². The SMILES string of the molecule is C=C[C@@H]1C[C@H]2[C@H](C=CCC[C@@H]2O[Si](C)(C)C(C)(C)C)C1. The minimum absolute atomic E-state index is 0.304. The largest absolute Gasteiger partial charge is 0.414 e. The van der Waals surface area contributed by atoms with E-state index in [-0.39, 0.29) is 0 Å². The molecular formula is C18H32OSi. The number of rotatable bonds is 3. The average Bonchev–Trinajstić information content (AvgIpc) is 2.67. The third-order valence-electron chi connectivity index (χ3n) is 5.76. The van der Waals surface area contributed by atoms with Crippen LogP contribution in [-0.2, 0) is 4.43 Å². The molecule has 4 atom stereocenters. The molecule has 2 aliphatic carbocycles. The summed E-state index contributed by atoms with van der Waals surface area (Å²) in [4.78, 5) is 0. The normalized spacial score (nSPS) is 34.6. The van der Waals surface area contributed by atoms with Gasteiger partial charge in [0.1, 0.15) is 0 Å². The Bertz CT molecular complexity index is 377. The maximum atomic E-state index is 6.79. The van der Waals surface area contributed by atoms with Gasteiger partial charge in [0.15, 0.2) is 8.32 Å². The van der Waals surface area contributed by atoms with Gasteiger partial charge in [-0.1, -0.05) is 39.0 Å². The van der Waals surface area contributed by atoms with Gasteiger partial charge in [-0.2, -0.15) is 0 Å².